The Balaban J connectivity index is 1.92. The molecule has 3 rings (SSSR count). The van der Waals surface area contributed by atoms with Crippen molar-refractivity contribution >= 4 is 17.5 Å². The summed E-state index contributed by atoms with van der Waals surface area (Å²) < 4.78 is 30.3. The second kappa shape index (κ2) is 5.44. The van der Waals surface area contributed by atoms with E-state index in [4.69, 9.17) is 0 Å². The van der Waals surface area contributed by atoms with Crippen LogP contribution in [0.3, 0.4) is 0 Å². The number of fused-ring (bicyclic) bond motifs is 1. The monoisotopic (exact) mass is 310 g/mol. The maximum Gasteiger partial charge on any atom is 0.387 e. The number of halogens is 2. The van der Waals surface area contributed by atoms with E-state index < -0.39 is 6.61 Å². The van der Waals surface area contributed by atoms with Gasteiger partial charge in [0, 0.05) is 0 Å². The maximum atomic E-state index is 12.1. The Bertz CT molecular complexity index is 684. The van der Waals surface area contributed by atoms with Crippen LogP contribution in [-0.2, 0) is 0 Å². The largest absolute Gasteiger partial charge is 0.435 e. The molecule has 2 aromatic rings. The zero-order valence-electron chi connectivity index (χ0n) is 11.3. The molecular weight excluding hydrogens is 298 g/mol. The summed E-state index contributed by atoms with van der Waals surface area (Å²) in [6, 6.07) is 6.46. The Morgan fingerprint density at radius 1 is 1.24 bits per heavy atom. The molecule has 21 heavy (non-hydrogen) atoms. The Labute approximate surface area is 124 Å². The summed E-state index contributed by atoms with van der Waals surface area (Å²) in [5.74, 6) is 0.839. The molecule has 0 radical (unpaired) electrons. The molecule has 1 aromatic carbocycles. The number of thioether (sulfide) groups is 1. The molecule has 1 aliphatic heterocycles. The van der Waals surface area contributed by atoms with E-state index in [2.05, 4.69) is 20.0 Å². The van der Waals surface area contributed by atoms with Crippen molar-refractivity contribution in [3.8, 4) is 5.75 Å². The lowest BCUT2D eigenvalue weighted by Gasteiger charge is -2.19. The van der Waals surface area contributed by atoms with Gasteiger partial charge in [0.2, 0.25) is 5.16 Å². The number of aromatic nitrogens is 3. The van der Waals surface area contributed by atoms with Gasteiger partial charge in [-0.2, -0.15) is 18.6 Å². The highest BCUT2D eigenvalue weighted by atomic mass is 32.2. The van der Waals surface area contributed by atoms with Crippen molar-refractivity contribution in [1.29, 1.82) is 0 Å². The van der Waals surface area contributed by atoms with Crippen LogP contribution in [0.2, 0.25) is 0 Å². The van der Waals surface area contributed by atoms with Gasteiger partial charge in [-0.05, 0) is 43.7 Å². The fourth-order valence-corrected chi connectivity index (χ4v) is 3.00. The van der Waals surface area contributed by atoms with Gasteiger partial charge in [-0.3, -0.25) is 0 Å². The number of aryl methyl sites for hydroxylation is 1. The molecule has 1 aromatic heterocycles. The highest BCUT2D eigenvalue weighted by Gasteiger charge is 2.24. The lowest BCUT2D eigenvalue weighted by atomic mass is 10.1. The predicted molar refractivity (Wildman–Crippen MR) is 75.1 cm³/mol. The fourth-order valence-electron chi connectivity index (χ4n) is 2.03. The van der Waals surface area contributed by atoms with Crippen molar-refractivity contribution in [2.24, 2.45) is 5.10 Å². The van der Waals surface area contributed by atoms with E-state index in [1.165, 1.54) is 12.1 Å². The van der Waals surface area contributed by atoms with Crippen molar-refractivity contribution < 1.29 is 13.5 Å². The number of alkyl halides is 2. The third kappa shape index (κ3) is 2.76. The molecule has 0 amide bonds. The molecule has 0 saturated heterocycles. The second-order valence-corrected chi connectivity index (χ2v) is 5.80. The summed E-state index contributed by atoms with van der Waals surface area (Å²) in [6.45, 7) is 1.02. The molecule has 1 atom stereocenters. The molecule has 0 spiro atoms. The quantitative estimate of drug-likeness (QED) is 0.874. The predicted octanol–water partition coefficient (Wildman–Crippen LogP) is 2.93. The highest BCUT2D eigenvalue weighted by Crippen LogP contribution is 2.30. The average molecular weight is 310 g/mol. The molecule has 5 nitrogen and oxygen atoms in total. The SMILES string of the molecule is Cc1nnc2n1N=C(c1ccc(OC(F)F)cc1)[C@@H](C)S2. The Morgan fingerprint density at radius 3 is 2.62 bits per heavy atom. The molecule has 8 heteroatoms. The van der Waals surface area contributed by atoms with Gasteiger partial charge in [-0.1, -0.05) is 11.8 Å². The van der Waals surface area contributed by atoms with Gasteiger partial charge in [-0.15, -0.1) is 10.2 Å². The molecule has 0 aliphatic carbocycles. The zero-order valence-corrected chi connectivity index (χ0v) is 12.1. The van der Waals surface area contributed by atoms with Crippen LogP contribution in [-0.4, -0.2) is 32.4 Å². The van der Waals surface area contributed by atoms with E-state index >= 15 is 0 Å². The maximum absolute atomic E-state index is 12.1. The van der Waals surface area contributed by atoms with Crippen molar-refractivity contribution in [3.05, 3.63) is 35.7 Å². The molecule has 0 saturated carbocycles. The first-order valence-electron chi connectivity index (χ1n) is 6.27. The normalized spacial score (nSPS) is 17.6. The smallest absolute Gasteiger partial charge is 0.387 e. The van der Waals surface area contributed by atoms with Gasteiger partial charge in [0.25, 0.3) is 0 Å². The Kier molecular flexibility index (Phi) is 3.62. The van der Waals surface area contributed by atoms with E-state index in [0.717, 1.165) is 16.4 Å². The van der Waals surface area contributed by atoms with Crippen LogP contribution < -0.4 is 4.74 Å². The lowest BCUT2D eigenvalue weighted by molar-refractivity contribution is -0.0498. The van der Waals surface area contributed by atoms with Gasteiger partial charge >= 0.3 is 6.61 Å². The highest BCUT2D eigenvalue weighted by molar-refractivity contribution is 8.00. The summed E-state index contributed by atoms with van der Waals surface area (Å²) in [5.41, 5.74) is 1.70. The summed E-state index contributed by atoms with van der Waals surface area (Å²) in [4.78, 5) is 0. The van der Waals surface area contributed by atoms with Crippen molar-refractivity contribution in [3.63, 3.8) is 0 Å². The minimum atomic E-state index is -2.82. The molecule has 0 unspecified atom stereocenters. The fraction of sp³-hybridized carbons (Fsp3) is 0.308. The van der Waals surface area contributed by atoms with Gasteiger partial charge in [0.05, 0.1) is 11.0 Å². The number of benzene rings is 1. The first-order chi connectivity index (χ1) is 10.0. The molecule has 2 heterocycles. The van der Waals surface area contributed by atoms with Crippen LogP contribution in [0, 0.1) is 6.92 Å². The standard InChI is InChI=1S/C13H12F2N4OS/c1-7-11(18-19-8(2)16-17-13(19)21-7)9-3-5-10(6-4-9)20-12(14)15/h3-7,12H,1-2H3/t7-/m1/s1. The molecule has 0 N–H and O–H groups in total. The number of nitrogens with zero attached hydrogens (tertiary/aromatic N) is 4. The van der Waals surface area contributed by atoms with Crippen LogP contribution in [0.25, 0.3) is 0 Å². The van der Waals surface area contributed by atoms with Crippen molar-refractivity contribution in [2.75, 3.05) is 0 Å². The van der Waals surface area contributed by atoms with Crippen LogP contribution in [0.4, 0.5) is 8.78 Å². The van der Waals surface area contributed by atoms with Crippen molar-refractivity contribution in [1.82, 2.24) is 14.9 Å². The average Bonchev–Trinajstić information content (AvgIpc) is 2.79. The summed E-state index contributed by atoms with van der Waals surface area (Å²) >= 11 is 1.56. The van der Waals surface area contributed by atoms with Crippen molar-refractivity contribution in [2.45, 2.75) is 30.9 Å². The van der Waals surface area contributed by atoms with E-state index in [1.54, 1.807) is 28.6 Å². The van der Waals surface area contributed by atoms with Gasteiger partial charge in [-0.25, -0.2) is 0 Å². The molecule has 110 valence electrons. The second-order valence-electron chi connectivity index (χ2n) is 4.49. The van der Waals surface area contributed by atoms with E-state index in [-0.39, 0.29) is 11.0 Å². The number of hydrogen-bond acceptors (Lipinski definition) is 5. The molecule has 1 aliphatic rings. The van der Waals surface area contributed by atoms with E-state index in [0.29, 0.717) is 5.82 Å². The van der Waals surface area contributed by atoms with Crippen LogP contribution in [0.15, 0.2) is 34.5 Å². The summed E-state index contributed by atoms with van der Waals surface area (Å²) in [7, 11) is 0. The van der Waals surface area contributed by atoms with Crippen LogP contribution in [0.1, 0.15) is 18.3 Å². The topological polar surface area (TPSA) is 52.3 Å². The first-order valence-corrected chi connectivity index (χ1v) is 7.15. The van der Waals surface area contributed by atoms with E-state index in [9.17, 15) is 8.78 Å². The third-order valence-corrected chi connectivity index (χ3v) is 4.06. The van der Waals surface area contributed by atoms with E-state index in [1.807, 2.05) is 13.8 Å². The summed E-state index contributed by atoms with van der Waals surface area (Å²) in [5, 5.41) is 13.4. The van der Waals surface area contributed by atoms with Gasteiger partial charge in [0.1, 0.15) is 5.75 Å². The minimum absolute atomic E-state index is 0.1000. The molecule has 0 bridgehead atoms. The minimum Gasteiger partial charge on any atom is -0.435 e. The zero-order chi connectivity index (χ0) is 15.0. The van der Waals surface area contributed by atoms with Gasteiger partial charge in [0.15, 0.2) is 5.82 Å². The van der Waals surface area contributed by atoms with Gasteiger partial charge < -0.3 is 4.74 Å². The van der Waals surface area contributed by atoms with Crippen LogP contribution in [0.5, 0.6) is 5.75 Å². The van der Waals surface area contributed by atoms with Crippen LogP contribution >= 0.6 is 11.8 Å². The number of hydrogen-bond donors (Lipinski definition) is 0. The Hall–Kier alpha value is -1.96. The first kappa shape index (κ1) is 14.0. The number of ether oxygens (including phenoxy) is 1. The summed E-state index contributed by atoms with van der Waals surface area (Å²) in [6.07, 6.45) is 0. The molecule has 0 fully saturated rings. The third-order valence-electron chi connectivity index (χ3n) is 3.02. The Morgan fingerprint density at radius 2 is 1.95 bits per heavy atom. The molecular formula is C13H12F2N4OS. The number of rotatable bonds is 3. The lowest BCUT2D eigenvalue weighted by Crippen LogP contribution is -2.21.